The van der Waals surface area contributed by atoms with Crippen LogP contribution in [0.3, 0.4) is 0 Å². The number of hydrogen-bond acceptors (Lipinski definition) is 6. The summed E-state index contributed by atoms with van der Waals surface area (Å²) >= 11 is 0. The summed E-state index contributed by atoms with van der Waals surface area (Å²) < 4.78 is 22.0. The molecule has 0 saturated heterocycles. The minimum absolute atomic E-state index is 0.162. The van der Waals surface area contributed by atoms with Crippen LogP contribution >= 0.6 is 0 Å². The minimum atomic E-state index is -0.315. The molecule has 7 heteroatoms. The lowest BCUT2D eigenvalue weighted by Gasteiger charge is -2.14. The van der Waals surface area contributed by atoms with Crippen molar-refractivity contribution in [1.82, 2.24) is 5.32 Å². The Bertz CT molecular complexity index is 801. The van der Waals surface area contributed by atoms with Gasteiger partial charge in [-0.2, -0.15) is 5.26 Å². The van der Waals surface area contributed by atoms with Crippen LogP contribution in [0.4, 0.5) is 0 Å². The topological polar surface area (TPSA) is 89.8 Å². The molecule has 0 saturated carbocycles. The Morgan fingerprint density at radius 3 is 2.22 bits per heavy atom. The summed E-state index contributed by atoms with van der Waals surface area (Å²) in [5.41, 5.74) is 0.843. The van der Waals surface area contributed by atoms with Gasteiger partial charge in [-0.05, 0) is 29.8 Å². The van der Waals surface area contributed by atoms with Crippen LogP contribution in [0.15, 0.2) is 42.5 Å². The standard InChI is InChI=1S/C20H22N2O5/c1-24-16-5-3-4-6-17(16)26-11-12-27-18-8-7-15(13-19(18)25-2)14-22-20(23)9-10-21/h3-8,13H,9,11-12,14H2,1-2H3,(H,22,23). The van der Waals surface area contributed by atoms with E-state index in [-0.39, 0.29) is 12.3 Å². The Kier molecular flexibility index (Phi) is 7.79. The number of nitrogens with one attached hydrogen (secondary N) is 1. The maximum absolute atomic E-state index is 11.4. The normalized spacial score (nSPS) is 9.81. The molecule has 0 heterocycles. The van der Waals surface area contributed by atoms with Gasteiger partial charge < -0.3 is 24.3 Å². The smallest absolute Gasteiger partial charge is 0.234 e. The molecule has 27 heavy (non-hydrogen) atoms. The van der Waals surface area contributed by atoms with E-state index in [1.807, 2.05) is 30.3 Å². The average molecular weight is 370 g/mol. The van der Waals surface area contributed by atoms with E-state index in [9.17, 15) is 4.79 Å². The van der Waals surface area contributed by atoms with E-state index in [0.29, 0.717) is 42.8 Å². The molecule has 2 aromatic carbocycles. The summed E-state index contributed by atoms with van der Waals surface area (Å²) in [5.74, 6) is 2.13. The van der Waals surface area contributed by atoms with Gasteiger partial charge in [-0.3, -0.25) is 4.79 Å². The fraction of sp³-hybridized carbons (Fsp3) is 0.300. The van der Waals surface area contributed by atoms with E-state index in [2.05, 4.69) is 5.32 Å². The molecule has 2 rings (SSSR count). The van der Waals surface area contributed by atoms with E-state index in [1.54, 1.807) is 32.4 Å². The fourth-order valence-electron chi connectivity index (χ4n) is 2.32. The van der Waals surface area contributed by atoms with Crippen LogP contribution in [0, 0.1) is 11.3 Å². The van der Waals surface area contributed by atoms with Gasteiger partial charge in [0.2, 0.25) is 5.91 Å². The lowest BCUT2D eigenvalue weighted by molar-refractivity contribution is -0.120. The summed E-state index contributed by atoms with van der Waals surface area (Å²) in [4.78, 5) is 11.4. The summed E-state index contributed by atoms with van der Waals surface area (Å²) in [6, 6.07) is 14.6. The average Bonchev–Trinajstić information content (AvgIpc) is 2.70. The van der Waals surface area contributed by atoms with Gasteiger partial charge in [-0.1, -0.05) is 18.2 Å². The second-order valence-corrected chi connectivity index (χ2v) is 5.44. The summed E-state index contributed by atoms with van der Waals surface area (Å²) in [6.07, 6.45) is -0.162. The van der Waals surface area contributed by atoms with Crippen molar-refractivity contribution in [2.24, 2.45) is 0 Å². The van der Waals surface area contributed by atoms with Gasteiger partial charge in [0.05, 0.1) is 20.3 Å². The van der Waals surface area contributed by atoms with Crippen molar-refractivity contribution in [1.29, 1.82) is 5.26 Å². The highest BCUT2D eigenvalue weighted by atomic mass is 16.5. The van der Waals surface area contributed by atoms with E-state index in [4.69, 9.17) is 24.2 Å². The third kappa shape index (κ3) is 6.12. The van der Waals surface area contributed by atoms with Crippen molar-refractivity contribution in [3.63, 3.8) is 0 Å². The maximum atomic E-state index is 11.4. The van der Waals surface area contributed by atoms with Crippen LogP contribution in [0.25, 0.3) is 0 Å². The first-order valence-electron chi connectivity index (χ1n) is 8.37. The minimum Gasteiger partial charge on any atom is -0.493 e. The monoisotopic (exact) mass is 370 g/mol. The molecule has 0 bridgehead atoms. The highest BCUT2D eigenvalue weighted by Crippen LogP contribution is 2.29. The predicted octanol–water partition coefficient (Wildman–Crippen LogP) is 2.69. The largest absolute Gasteiger partial charge is 0.493 e. The molecule has 0 atom stereocenters. The number of amides is 1. The molecule has 2 aromatic rings. The van der Waals surface area contributed by atoms with Gasteiger partial charge in [0.15, 0.2) is 23.0 Å². The molecule has 0 aliphatic rings. The number of ether oxygens (including phenoxy) is 4. The molecule has 142 valence electrons. The molecule has 7 nitrogen and oxygen atoms in total. The molecule has 1 amide bonds. The zero-order valence-corrected chi connectivity index (χ0v) is 15.4. The molecule has 0 aliphatic heterocycles. The molecule has 0 aromatic heterocycles. The van der Waals surface area contributed by atoms with Crippen molar-refractivity contribution >= 4 is 5.91 Å². The first-order chi connectivity index (χ1) is 13.2. The van der Waals surface area contributed by atoms with Gasteiger partial charge in [-0.15, -0.1) is 0 Å². The number of carbonyl (C=O) groups is 1. The van der Waals surface area contributed by atoms with Gasteiger partial charge in [-0.25, -0.2) is 0 Å². The molecule has 0 fully saturated rings. The molecule has 0 unspecified atom stereocenters. The first-order valence-corrected chi connectivity index (χ1v) is 8.37. The Morgan fingerprint density at radius 1 is 0.963 bits per heavy atom. The van der Waals surface area contributed by atoms with Gasteiger partial charge in [0.25, 0.3) is 0 Å². The lowest BCUT2D eigenvalue weighted by Crippen LogP contribution is -2.21. The van der Waals surface area contributed by atoms with Gasteiger partial charge >= 0.3 is 0 Å². The number of nitriles is 1. The number of hydrogen-bond donors (Lipinski definition) is 1. The van der Waals surface area contributed by atoms with Crippen LogP contribution in [0.1, 0.15) is 12.0 Å². The summed E-state index contributed by atoms with van der Waals surface area (Å²) in [5, 5.41) is 11.2. The van der Waals surface area contributed by atoms with Crippen LogP contribution < -0.4 is 24.3 Å². The number of benzene rings is 2. The lowest BCUT2D eigenvalue weighted by atomic mass is 10.2. The van der Waals surface area contributed by atoms with Crippen LogP contribution in [-0.2, 0) is 11.3 Å². The number of nitrogens with zero attached hydrogens (tertiary/aromatic N) is 1. The van der Waals surface area contributed by atoms with Gasteiger partial charge in [0.1, 0.15) is 19.6 Å². The van der Waals surface area contributed by atoms with Crippen LogP contribution in [0.2, 0.25) is 0 Å². The number of methoxy groups -OCH3 is 2. The van der Waals surface area contributed by atoms with Gasteiger partial charge in [0, 0.05) is 6.54 Å². The number of para-hydroxylation sites is 2. The zero-order chi connectivity index (χ0) is 19.5. The van der Waals surface area contributed by atoms with E-state index in [0.717, 1.165) is 5.56 Å². The highest BCUT2D eigenvalue weighted by molar-refractivity contribution is 5.77. The zero-order valence-electron chi connectivity index (χ0n) is 15.4. The van der Waals surface area contributed by atoms with Crippen molar-refractivity contribution in [3.05, 3.63) is 48.0 Å². The Hall–Kier alpha value is -3.40. The third-order valence-electron chi connectivity index (χ3n) is 3.62. The highest BCUT2D eigenvalue weighted by Gasteiger charge is 2.08. The van der Waals surface area contributed by atoms with Crippen LogP contribution in [-0.4, -0.2) is 33.3 Å². The number of carbonyl (C=O) groups excluding carboxylic acids is 1. The van der Waals surface area contributed by atoms with E-state index < -0.39 is 0 Å². The van der Waals surface area contributed by atoms with Crippen LogP contribution in [0.5, 0.6) is 23.0 Å². The van der Waals surface area contributed by atoms with Crippen molar-refractivity contribution < 1.29 is 23.7 Å². The molecule has 0 spiro atoms. The molecule has 1 N–H and O–H groups in total. The Labute approximate surface area is 158 Å². The number of rotatable bonds is 10. The molecular formula is C20H22N2O5. The Balaban J connectivity index is 1.87. The second kappa shape index (κ2) is 10.6. The predicted molar refractivity (Wildman–Crippen MR) is 99.1 cm³/mol. The molecule has 0 aliphatic carbocycles. The quantitative estimate of drug-likeness (QED) is 0.647. The first kappa shape index (κ1) is 19.9. The fourth-order valence-corrected chi connectivity index (χ4v) is 2.32. The SMILES string of the molecule is COc1ccccc1OCCOc1ccc(CNC(=O)CC#N)cc1OC. The van der Waals surface area contributed by atoms with E-state index in [1.165, 1.54) is 0 Å². The Morgan fingerprint density at radius 2 is 1.59 bits per heavy atom. The van der Waals surface area contributed by atoms with Crippen molar-refractivity contribution in [3.8, 4) is 29.1 Å². The van der Waals surface area contributed by atoms with Crippen molar-refractivity contribution in [2.45, 2.75) is 13.0 Å². The molecular weight excluding hydrogens is 348 g/mol. The van der Waals surface area contributed by atoms with E-state index >= 15 is 0 Å². The summed E-state index contributed by atoms with van der Waals surface area (Å²) in [6.45, 7) is 0.982. The third-order valence-corrected chi connectivity index (χ3v) is 3.62. The maximum Gasteiger partial charge on any atom is 0.234 e. The summed E-state index contributed by atoms with van der Waals surface area (Å²) in [7, 11) is 3.14. The van der Waals surface area contributed by atoms with Crippen molar-refractivity contribution in [2.75, 3.05) is 27.4 Å². The molecule has 0 radical (unpaired) electrons. The second-order valence-electron chi connectivity index (χ2n) is 5.44.